The number of ether oxygens (including phenoxy) is 1. The SMILES string of the molecule is C=CCn1c(=O)c(SC)nc2sc3c(c21)COC(C)(C)C3. The fourth-order valence-corrected chi connectivity index (χ4v) is 4.56. The van der Waals surface area contributed by atoms with E-state index in [-0.39, 0.29) is 11.2 Å². The van der Waals surface area contributed by atoms with Crippen molar-refractivity contribution in [3.63, 3.8) is 0 Å². The molecule has 0 radical (unpaired) electrons. The van der Waals surface area contributed by atoms with Crippen LogP contribution in [0, 0.1) is 0 Å². The Bertz CT molecular complexity index is 774. The Balaban J connectivity index is 2.31. The quantitative estimate of drug-likeness (QED) is 0.643. The summed E-state index contributed by atoms with van der Waals surface area (Å²) in [5.41, 5.74) is 1.85. The van der Waals surface area contributed by atoms with Gasteiger partial charge in [0.05, 0.1) is 17.7 Å². The van der Waals surface area contributed by atoms with Gasteiger partial charge >= 0.3 is 0 Å². The van der Waals surface area contributed by atoms with E-state index in [0.717, 1.165) is 22.3 Å². The Kier molecular flexibility index (Phi) is 3.71. The largest absolute Gasteiger partial charge is 0.370 e. The Morgan fingerprint density at radius 2 is 2.33 bits per heavy atom. The van der Waals surface area contributed by atoms with Crippen LogP contribution in [0.4, 0.5) is 0 Å². The van der Waals surface area contributed by atoms with Crippen LogP contribution in [0.5, 0.6) is 0 Å². The Hall–Kier alpha value is -1.11. The van der Waals surface area contributed by atoms with Gasteiger partial charge in [-0.1, -0.05) is 6.08 Å². The van der Waals surface area contributed by atoms with Gasteiger partial charge in [-0.05, 0) is 20.1 Å². The van der Waals surface area contributed by atoms with Crippen molar-refractivity contribution in [1.29, 1.82) is 0 Å². The van der Waals surface area contributed by atoms with Crippen LogP contribution in [0.1, 0.15) is 24.3 Å². The molecule has 1 aliphatic rings. The van der Waals surface area contributed by atoms with Crippen molar-refractivity contribution < 1.29 is 4.74 Å². The van der Waals surface area contributed by atoms with Gasteiger partial charge in [0.2, 0.25) is 0 Å². The summed E-state index contributed by atoms with van der Waals surface area (Å²) in [7, 11) is 0. The average molecular weight is 322 g/mol. The number of nitrogens with zero attached hydrogens (tertiary/aromatic N) is 2. The van der Waals surface area contributed by atoms with Crippen LogP contribution >= 0.6 is 23.1 Å². The Morgan fingerprint density at radius 3 is 3.00 bits per heavy atom. The summed E-state index contributed by atoms with van der Waals surface area (Å²) in [6.45, 7) is 8.99. The highest BCUT2D eigenvalue weighted by Crippen LogP contribution is 2.38. The molecule has 0 bridgehead atoms. The van der Waals surface area contributed by atoms with Crippen LogP contribution in [0.2, 0.25) is 0 Å². The molecule has 0 aliphatic carbocycles. The van der Waals surface area contributed by atoms with Gasteiger partial charge in [0.25, 0.3) is 5.56 Å². The van der Waals surface area contributed by atoms with Gasteiger partial charge in [0.1, 0.15) is 4.83 Å². The Morgan fingerprint density at radius 1 is 1.57 bits per heavy atom. The fourth-order valence-electron chi connectivity index (χ4n) is 2.63. The first-order valence-electron chi connectivity index (χ1n) is 6.81. The topological polar surface area (TPSA) is 44.1 Å². The molecule has 0 spiro atoms. The van der Waals surface area contributed by atoms with Gasteiger partial charge in [-0.25, -0.2) is 4.98 Å². The zero-order chi connectivity index (χ0) is 15.2. The highest BCUT2D eigenvalue weighted by atomic mass is 32.2. The molecule has 2 aromatic heterocycles. The maximum absolute atomic E-state index is 12.5. The minimum Gasteiger partial charge on any atom is -0.370 e. The van der Waals surface area contributed by atoms with E-state index < -0.39 is 0 Å². The van der Waals surface area contributed by atoms with E-state index in [2.05, 4.69) is 25.4 Å². The number of aromatic nitrogens is 2. The van der Waals surface area contributed by atoms with Crippen molar-refractivity contribution in [2.45, 2.75) is 44.0 Å². The predicted molar refractivity (Wildman–Crippen MR) is 88.4 cm³/mol. The molecule has 0 saturated heterocycles. The second-order valence-corrected chi connectivity index (χ2v) is 7.59. The summed E-state index contributed by atoms with van der Waals surface area (Å²) in [5, 5.41) is 0.545. The monoisotopic (exact) mass is 322 g/mol. The van der Waals surface area contributed by atoms with Crippen molar-refractivity contribution in [2.24, 2.45) is 0 Å². The summed E-state index contributed by atoms with van der Waals surface area (Å²) >= 11 is 3.07. The summed E-state index contributed by atoms with van der Waals surface area (Å²) in [6.07, 6.45) is 4.50. The van der Waals surface area contributed by atoms with E-state index >= 15 is 0 Å². The molecule has 3 heterocycles. The van der Waals surface area contributed by atoms with E-state index in [1.807, 2.05) is 6.26 Å². The third-order valence-corrected chi connectivity index (χ3v) is 5.41. The van der Waals surface area contributed by atoms with Crippen molar-refractivity contribution in [3.05, 3.63) is 33.4 Å². The summed E-state index contributed by atoms with van der Waals surface area (Å²) in [5.74, 6) is 0. The highest BCUT2D eigenvalue weighted by Gasteiger charge is 2.30. The van der Waals surface area contributed by atoms with Crippen LogP contribution in [0.3, 0.4) is 0 Å². The van der Waals surface area contributed by atoms with E-state index in [9.17, 15) is 4.79 Å². The van der Waals surface area contributed by atoms with Crippen molar-refractivity contribution in [3.8, 4) is 0 Å². The standard InChI is InChI=1S/C15H18N2O2S2/c1-5-6-17-11-9-8-19-15(2,3)7-10(9)21-12(11)16-13(20-4)14(17)18/h5H,1,6-8H2,2-4H3. The lowest BCUT2D eigenvalue weighted by molar-refractivity contribution is -0.0384. The highest BCUT2D eigenvalue weighted by molar-refractivity contribution is 7.98. The molecule has 0 saturated carbocycles. The minimum atomic E-state index is -0.153. The second kappa shape index (κ2) is 5.26. The van der Waals surface area contributed by atoms with Crippen LogP contribution in [-0.4, -0.2) is 21.4 Å². The second-order valence-electron chi connectivity index (χ2n) is 5.71. The van der Waals surface area contributed by atoms with Crippen molar-refractivity contribution >= 4 is 33.4 Å². The third kappa shape index (κ3) is 2.45. The van der Waals surface area contributed by atoms with E-state index in [4.69, 9.17) is 4.74 Å². The maximum Gasteiger partial charge on any atom is 0.283 e. The van der Waals surface area contributed by atoms with Crippen molar-refractivity contribution in [1.82, 2.24) is 9.55 Å². The molecule has 21 heavy (non-hydrogen) atoms. The molecule has 2 aromatic rings. The molecule has 4 nitrogen and oxygen atoms in total. The van der Waals surface area contributed by atoms with Crippen LogP contribution in [0.15, 0.2) is 22.5 Å². The first-order valence-corrected chi connectivity index (χ1v) is 8.85. The number of rotatable bonds is 3. The molecular weight excluding hydrogens is 304 g/mol. The van der Waals surface area contributed by atoms with Gasteiger partial charge in [-0.15, -0.1) is 29.7 Å². The summed E-state index contributed by atoms with van der Waals surface area (Å²) < 4.78 is 7.70. The van der Waals surface area contributed by atoms with Gasteiger partial charge in [-0.2, -0.15) is 0 Å². The lowest BCUT2D eigenvalue weighted by Gasteiger charge is -2.30. The lowest BCUT2D eigenvalue weighted by atomic mass is 9.98. The molecule has 0 aromatic carbocycles. The third-order valence-electron chi connectivity index (χ3n) is 3.64. The number of fused-ring (bicyclic) bond motifs is 3. The van der Waals surface area contributed by atoms with E-state index in [1.54, 1.807) is 22.0 Å². The zero-order valence-electron chi connectivity index (χ0n) is 12.4. The average Bonchev–Trinajstić information content (AvgIpc) is 2.77. The first kappa shape index (κ1) is 14.8. The fraction of sp³-hybridized carbons (Fsp3) is 0.467. The van der Waals surface area contributed by atoms with Crippen LogP contribution in [-0.2, 0) is 24.3 Å². The number of thioether (sulfide) groups is 1. The van der Waals surface area contributed by atoms with Crippen LogP contribution < -0.4 is 5.56 Å². The molecule has 0 atom stereocenters. The maximum atomic E-state index is 12.5. The number of allylic oxidation sites excluding steroid dienone is 1. The molecule has 3 rings (SSSR count). The van der Waals surface area contributed by atoms with E-state index in [1.165, 1.54) is 16.6 Å². The zero-order valence-corrected chi connectivity index (χ0v) is 14.1. The molecule has 0 amide bonds. The molecule has 0 fully saturated rings. The molecule has 6 heteroatoms. The number of hydrogen-bond donors (Lipinski definition) is 0. The predicted octanol–water partition coefficient (Wildman–Crippen LogP) is 3.22. The molecule has 0 unspecified atom stereocenters. The normalized spacial score (nSPS) is 16.9. The molecule has 112 valence electrons. The minimum absolute atomic E-state index is 0.0414. The Labute approximate surface area is 131 Å². The van der Waals surface area contributed by atoms with Crippen LogP contribution in [0.25, 0.3) is 10.3 Å². The van der Waals surface area contributed by atoms with Gasteiger partial charge < -0.3 is 4.74 Å². The van der Waals surface area contributed by atoms with Gasteiger partial charge in [-0.3, -0.25) is 9.36 Å². The lowest BCUT2D eigenvalue weighted by Crippen LogP contribution is -2.31. The van der Waals surface area contributed by atoms with Crippen molar-refractivity contribution in [2.75, 3.05) is 6.26 Å². The smallest absolute Gasteiger partial charge is 0.283 e. The molecule has 0 N–H and O–H groups in total. The summed E-state index contributed by atoms with van der Waals surface area (Å²) in [6, 6.07) is 0. The van der Waals surface area contributed by atoms with E-state index in [0.29, 0.717) is 18.2 Å². The number of thiophene rings is 1. The van der Waals surface area contributed by atoms with Gasteiger partial charge in [0.15, 0.2) is 5.03 Å². The molecular formula is C15H18N2O2S2. The summed E-state index contributed by atoms with van der Waals surface area (Å²) in [4.78, 5) is 19.3. The molecule has 1 aliphatic heterocycles. The first-order chi connectivity index (χ1) is 9.96. The number of hydrogen-bond acceptors (Lipinski definition) is 5. The van der Waals surface area contributed by atoms with Gasteiger partial charge in [0, 0.05) is 23.4 Å².